The van der Waals surface area contributed by atoms with E-state index < -0.39 is 5.41 Å². The first-order valence-electron chi connectivity index (χ1n) is 17.1. The number of aliphatic hydroxyl groups excluding tert-OH is 1. The van der Waals surface area contributed by atoms with Crippen molar-refractivity contribution >= 4 is 27.6 Å². The average Bonchev–Trinajstić information content (AvgIpc) is 3.49. The first-order valence-corrected chi connectivity index (χ1v) is 17.9. The van der Waals surface area contributed by atoms with E-state index in [-0.39, 0.29) is 39.1 Å². The maximum atomic E-state index is 14.0. The SMILES string of the molecule is CC1=C(O)C(=O)C=C2C1=CC=C1[C@@]2(C)CC[C@@]2(C)[C@@H]3C[C@](C)(C(=O)NCc4cn(Cc5ccc(Br)cc5)nn4)CC[C@]3(C)CC[C@]12C. The second kappa shape index (κ2) is 10.9. The number of nitrogens with one attached hydrogen (secondary N) is 1. The minimum atomic E-state index is -0.467. The molecule has 8 heteroatoms. The van der Waals surface area contributed by atoms with Crippen molar-refractivity contribution < 1.29 is 14.7 Å². The number of hydrogen-bond acceptors (Lipinski definition) is 5. The average molecular weight is 700 g/mol. The molecule has 1 aromatic carbocycles. The molecule has 6 atom stereocenters. The molecule has 7 rings (SSSR count). The van der Waals surface area contributed by atoms with Gasteiger partial charge in [-0.2, -0.15) is 0 Å². The molecule has 5 aliphatic rings. The maximum absolute atomic E-state index is 14.0. The summed E-state index contributed by atoms with van der Waals surface area (Å²) in [5, 5.41) is 22.3. The Bertz CT molecular complexity index is 1800. The molecular formula is C39H47BrN4O3. The standard InChI is InChI=1S/C39H47BrN4O3/c1-24-28-11-12-31-37(4,29(28)19-30(45)33(24)46)16-18-39(6)32-20-36(3,14-13-35(32,2)15-17-38(31,39)5)34(47)41-21-27-23-44(43-42-27)22-25-7-9-26(40)10-8-25/h7-12,19,23,32,46H,13-18,20-22H2,1-6H3,(H,41,47)/t32-,35-,36-,37+,38-,39+/m1/s1. The highest BCUT2D eigenvalue weighted by molar-refractivity contribution is 9.10. The summed E-state index contributed by atoms with van der Waals surface area (Å²) in [7, 11) is 0. The summed E-state index contributed by atoms with van der Waals surface area (Å²) in [6.07, 6.45) is 15.1. The zero-order valence-corrected chi connectivity index (χ0v) is 30.1. The molecule has 7 nitrogen and oxygen atoms in total. The van der Waals surface area contributed by atoms with E-state index in [2.05, 4.69) is 90.5 Å². The summed E-state index contributed by atoms with van der Waals surface area (Å²) in [5.74, 6) is 0.0725. The highest BCUT2D eigenvalue weighted by Crippen LogP contribution is 2.75. The van der Waals surface area contributed by atoms with Gasteiger partial charge in [0.2, 0.25) is 11.7 Å². The van der Waals surface area contributed by atoms with Gasteiger partial charge >= 0.3 is 0 Å². The molecule has 0 saturated heterocycles. The van der Waals surface area contributed by atoms with Gasteiger partial charge in [-0.3, -0.25) is 9.59 Å². The Labute approximate surface area is 286 Å². The fourth-order valence-electron chi connectivity index (χ4n) is 10.3. The number of ketones is 1. The summed E-state index contributed by atoms with van der Waals surface area (Å²) in [6.45, 7) is 14.8. The van der Waals surface area contributed by atoms with Crippen LogP contribution in [0.4, 0.5) is 0 Å². The number of allylic oxidation sites excluding steroid dienone is 7. The van der Waals surface area contributed by atoms with E-state index in [0.717, 1.165) is 71.8 Å². The van der Waals surface area contributed by atoms with Crippen LogP contribution in [0.2, 0.25) is 0 Å². The van der Waals surface area contributed by atoms with Crippen molar-refractivity contribution in [2.24, 2.45) is 33.0 Å². The van der Waals surface area contributed by atoms with Gasteiger partial charge in [-0.15, -0.1) is 5.10 Å². The van der Waals surface area contributed by atoms with Gasteiger partial charge in [-0.05, 0) is 109 Å². The Balaban J connectivity index is 1.11. The van der Waals surface area contributed by atoms with Crippen LogP contribution in [0, 0.1) is 33.0 Å². The first kappa shape index (κ1) is 32.3. The van der Waals surface area contributed by atoms with Crippen LogP contribution < -0.4 is 5.32 Å². The number of carbonyl (C=O) groups is 2. The maximum Gasteiger partial charge on any atom is 0.226 e. The molecular weight excluding hydrogens is 652 g/mol. The number of amides is 1. The van der Waals surface area contributed by atoms with Crippen LogP contribution in [0.25, 0.3) is 0 Å². The van der Waals surface area contributed by atoms with Gasteiger partial charge in [-0.25, -0.2) is 4.68 Å². The van der Waals surface area contributed by atoms with Crippen LogP contribution >= 0.6 is 15.9 Å². The second-order valence-corrected chi connectivity index (χ2v) is 17.2. The predicted octanol–water partition coefficient (Wildman–Crippen LogP) is 8.33. The summed E-state index contributed by atoms with van der Waals surface area (Å²) in [5.41, 5.74) is 5.44. The number of rotatable bonds is 5. The van der Waals surface area contributed by atoms with E-state index in [9.17, 15) is 14.7 Å². The van der Waals surface area contributed by atoms with Gasteiger partial charge < -0.3 is 10.4 Å². The number of aliphatic hydroxyl groups is 1. The number of halogens is 1. The minimum Gasteiger partial charge on any atom is -0.504 e. The molecule has 0 spiro atoms. The van der Waals surface area contributed by atoms with Crippen molar-refractivity contribution in [2.45, 2.75) is 99.6 Å². The second-order valence-electron chi connectivity index (χ2n) is 16.3. The smallest absolute Gasteiger partial charge is 0.226 e. The summed E-state index contributed by atoms with van der Waals surface area (Å²) >= 11 is 3.48. The number of carbonyl (C=O) groups excluding carboxylic acids is 2. The zero-order chi connectivity index (χ0) is 33.6. The molecule has 0 bridgehead atoms. The zero-order valence-electron chi connectivity index (χ0n) is 28.5. The van der Waals surface area contributed by atoms with E-state index >= 15 is 0 Å². The lowest BCUT2D eigenvalue weighted by Crippen LogP contribution is -2.62. The van der Waals surface area contributed by atoms with Gasteiger partial charge in [0, 0.05) is 20.9 Å². The molecule has 0 unspecified atom stereocenters. The van der Waals surface area contributed by atoms with Crippen molar-refractivity contribution in [3.8, 4) is 0 Å². The Morgan fingerprint density at radius 2 is 1.74 bits per heavy atom. The van der Waals surface area contributed by atoms with Crippen LogP contribution in [0.15, 0.2) is 81.2 Å². The quantitative estimate of drug-likeness (QED) is 0.327. The minimum absolute atomic E-state index is 0.000621. The molecule has 2 aromatic rings. The van der Waals surface area contributed by atoms with E-state index in [4.69, 9.17) is 0 Å². The fourth-order valence-corrected chi connectivity index (χ4v) is 10.6. The summed E-state index contributed by atoms with van der Waals surface area (Å²) in [4.78, 5) is 26.8. The van der Waals surface area contributed by atoms with E-state index in [0.29, 0.717) is 24.6 Å². The van der Waals surface area contributed by atoms with Gasteiger partial charge in [0.25, 0.3) is 0 Å². The molecule has 2 N–H and O–H groups in total. The van der Waals surface area contributed by atoms with Gasteiger partial charge in [0.15, 0.2) is 5.76 Å². The molecule has 3 fully saturated rings. The highest BCUT2D eigenvalue weighted by atomic mass is 79.9. The monoisotopic (exact) mass is 698 g/mol. The normalized spacial score (nSPS) is 36.3. The van der Waals surface area contributed by atoms with Gasteiger partial charge in [0.05, 0.1) is 19.3 Å². The molecule has 1 aromatic heterocycles. The summed E-state index contributed by atoms with van der Waals surface area (Å²) < 4.78 is 2.86. The van der Waals surface area contributed by atoms with Crippen LogP contribution in [-0.4, -0.2) is 31.8 Å². The Kier molecular flexibility index (Phi) is 7.47. The third kappa shape index (κ3) is 4.87. The Morgan fingerprint density at radius 1 is 1.02 bits per heavy atom. The molecule has 248 valence electrons. The number of benzene rings is 1. The predicted molar refractivity (Wildman–Crippen MR) is 186 cm³/mol. The number of hydrogen-bond donors (Lipinski definition) is 2. The lowest BCUT2D eigenvalue weighted by molar-refractivity contribution is -0.169. The number of fused-ring (bicyclic) bond motifs is 7. The van der Waals surface area contributed by atoms with E-state index in [1.54, 1.807) is 6.08 Å². The van der Waals surface area contributed by atoms with Crippen molar-refractivity contribution in [3.05, 3.63) is 92.5 Å². The van der Waals surface area contributed by atoms with Crippen LogP contribution in [0.3, 0.4) is 0 Å². The lowest BCUT2D eigenvalue weighted by atomic mass is 9.34. The molecule has 3 saturated carbocycles. The third-order valence-corrected chi connectivity index (χ3v) is 14.2. The molecule has 0 aliphatic heterocycles. The van der Waals surface area contributed by atoms with Crippen molar-refractivity contribution in [3.63, 3.8) is 0 Å². The van der Waals surface area contributed by atoms with Gasteiger partial charge in [-0.1, -0.05) is 85.6 Å². The molecule has 47 heavy (non-hydrogen) atoms. The van der Waals surface area contributed by atoms with Crippen molar-refractivity contribution in [1.29, 1.82) is 0 Å². The highest BCUT2D eigenvalue weighted by Gasteiger charge is 2.67. The molecule has 1 amide bonds. The third-order valence-electron chi connectivity index (χ3n) is 13.7. The van der Waals surface area contributed by atoms with E-state index in [1.807, 2.05) is 29.9 Å². The number of aromatic nitrogens is 3. The first-order chi connectivity index (χ1) is 22.1. The van der Waals surface area contributed by atoms with Crippen molar-refractivity contribution in [2.75, 3.05) is 0 Å². The Morgan fingerprint density at radius 3 is 2.49 bits per heavy atom. The Hall–Kier alpha value is -3.26. The summed E-state index contributed by atoms with van der Waals surface area (Å²) in [6, 6.07) is 8.16. The number of nitrogens with zero attached hydrogens (tertiary/aromatic N) is 3. The van der Waals surface area contributed by atoms with Crippen LogP contribution in [-0.2, 0) is 22.7 Å². The van der Waals surface area contributed by atoms with E-state index in [1.165, 1.54) is 5.57 Å². The fraction of sp³-hybridized carbons (Fsp3) is 0.538. The molecule has 1 heterocycles. The topological polar surface area (TPSA) is 97.1 Å². The van der Waals surface area contributed by atoms with Crippen LogP contribution in [0.1, 0.15) is 97.7 Å². The molecule has 5 aliphatic carbocycles. The lowest BCUT2D eigenvalue weighted by Gasteiger charge is -2.70. The largest absolute Gasteiger partial charge is 0.504 e. The van der Waals surface area contributed by atoms with Gasteiger partial charge in [0.1, 0.15) is 5.69 Å². The molecule has 0 radical (unpaired) electrons. The van der Waals surface area contributed by atoms with Crippen molar-refractivity contribution in [1.82, 2.24) is 20.3 Å². The van der Waals surface area contributed by atoms with Crippen LogP contribution in [0.5, 0.6) is 0 Å².